The van der Waals surface area contributed by atoms with Gasteiger partial charge in [0.2, 0.25) is 0 Å². The van der Waals surface area contributed by atoms with Crippen molar-refractivity contribution in [3.63, 3.8) is 0 Å². The largest absolute Gasteiger partial charge is 0.457 e. The monoisotopic (exact) mass is 280 g/mol. The first-order chi connectivity index (χ1) is 9.35. The molecule has 0 bridgehead atoms. The highest BCUT2D eigenvalue weighted by Gasteiger charge is 2.42. The Morgan fingerprint density at radius 2 is 1.40 bits per heavy atom. The fraction of sp³-hybridized carbons (Fsp3) is 0.882. The zero-order valence-electron chi connectivity index (χ0n) is 14.0. The Labute approximate surface area is 126 Å². The van der Waals surface area contributed by atoms with Gasteiger partial charge < -0.3 is 9.31 Å². The standard InChI is InChI=1S/C17H33BO2/c1-6-7-8-9-10-11-12-13-14-18-19-16(2,3)15-17(4,5)20-18/h6H,1,7-15H2,2-5H3. The third-order valence-electron chi connectivity index (χ3n) is 3.85. The number of hydrogen-bond acceptors (Lipinski definition) is 2. The summed E-state index contributed by atoms with van der Waals surface area (Å²) in [5, 5.41) is 0. The van der Waals surface area contributed by atoms with Gasteiger partial charge in [-0.3, -0.25) is 0 Å². The summed E-state index contributed by atoms with van der Waals surface area (Å²) in [5.74, 6) is 0. The molecule has 1 aliphatic heterocycles. The summed E-state index contributed by atoms with van der Waals surface area (Å²) >= 11 is 0. The van der Waals surface area contributed by atoms with Crippen LogP contribution in [0.5, 0.6) is 0 Å². The molecular formula is C17H33BO2. The molecule has 1 rings (SSSR count). The molecule has 0 saturated carbocycles. The molecule has 2 nitrogen and oxygen atoms in total. The van der Waals surface area contributed by atoms with Gasteiger partial charge in [0.05, 0.1) is 11.2 Å². The molecule has 0 aromatic rings. The number of rotatable bonds is 9. The summed E-state index contributed by atoms with van der Waals surface area (Å²) < 4.78 is 12.1. The molecular weight excluding hydrogens is 247 g/mol. The summed E-state index contributed by atoms with van der Waals surface area (Å²) in [5.41, 5.74) is -0.117. The van der Waals surface area contributed by atoms with Crippen LogP contribution in [0.25, 0.3) is 0 Å². The first-order valence-corrected chi connectivity index (χ1v) is 8.31. The van der Waals surface area contributed by atoms with E-state index in [9.17, 15) is 0 Å². The van der Waals surface area contributed by atoms with Crippen molar-refractivity contribution < 1.29 is 9.31 Å². The maximum absolute atomic E-state index is 6.04. The maximum Gasteiger partial charge on any atom is 0.457 e. The van der Waals surface area contributed by atoms with Crippen LogP contribution in [0.3, 0.4) is 0 Å². The van der Waals surface area contributed by atoms with Crippen LogP contribution < -0.4 is 0 Å². The van der Waals surface area contributed by atoms with Crippen LogP contribution in [0.15, 0.2) is 12.7 Å². The van der Waals surface area contributed by atoms with E-state index in [1.54, 1.807) is 0 Å². The molecule has 1 saturated heterocycles. The van der Waals surface area contributed by atoms with Gasteiger partial charge in [-0.15, -0.1) is 6.58 Å². The zero-order valence-corrected chi connectivity index (χ0v) is 14.0. The third-order valence-corrected chi connectivity index (χ3v) is 3.85. The SMILES string of the molecule is C=CCCCCCCCCB1OC(C)(C)CC(C)(C)O1. The molecule has 0 radical (unpaired) electrons. The zero-order chi connectivity index (χ0) is 15.1. The summed E-state index contributed by atoms with van der Waals surface area (Å²) in [6.07, 6.45) is 13.0. The quantitative estimate of drug-likeness (QED) is 0.320. The third kappa shape index (κ3) is 7.49. The molecule has 0 spiro atoms. The van der Waals surface area contributed by atoms with Crippen LogP contribution >= 0.6 is 0 Å². The fourth-order valence-corrected chi connectivity index (χ4v) is 3.27. The van der Waals surface area contributed by atoms with Crippen molar-refractivity contribution in [2.75, 3.05) is 0 Å². The van der Waals surface area contributed by atoms with E-state index < -0.39 is 0 Å². The predicted molar refractivity (Wildman–Crippen MR) is 88.0 cm³/mol. The highest BCUT2D eigenvalue weighted by molar-refractivity contribution is 6.44. The van der Waals surface area contributed by atoms with Crippen LogP contribution in [-0.2, 0) is 9.31 Å². The van der Waals surface area contributed by atoms with E-state index in [1.807, 2.05) is 6.08 Å². The molecule has 0 aliphatic carbocycles. The Kier molecular flexibility index (Phi) is 7.32. The average Bonchev–Trinajstić information content (AvgIpc) is 2.28. The van der Waals surface area contributed by atoms with Gasteiger partial charge in [0.15, 0.2) is 0 Å². The smallest absolute Gasteiger partial charge is 0.406 e. The summed E-state index contributed by atoms with van der Waals surface area (Å²) in [6.45, 7) is 12.4. The van der Waals surface area contributed by atoms with Gasteiger partial charge in [0, 0.05) is 6.42 Å². The average molecular weight is 280 g/mol. The Balaban J connectivity index is 2.11. The highest BCUT2D eigenvalue weighted by atomic mass is 16.6. The predicted octanol–water partition coefficient (Wildman–Crippen LogP) is 5.39. The number of unbranched alkanes of at least 4 members (excludes halogenated alkanes) is 6. The molecule has 20 heavy (non-hydrogen) atoms. The van der Waals surface area contributed by atoms with E-state index in [1.165, 1.54) is 38.5 Å². The normalized spacial score (nSPS) is 20.9. The van der Waals surface area contributed by atoms with Gasteiger partial charge >= 0.3 is 7.12 Å². The van der Waals surface area contributed by atoms with Gasteiger partial charge in [0.25, 0.3) is 0 Å². The number of allylic oxidation sites excluding steroid dienone is 1. The molecule has 1 heterocycles. The van der Waals surface area contributed by atoms with E-state index in [-0.39, 0.29) is 18.3 Å². The van der Waals surface area contributed by atoms with E-state index in [0.717, 1.165) is 19.2 Å². The van der Waals surface area contributed by atoms with E-state index in [2.05, 4.69) is 34.3 Å². The van der Waals surface area contributed by atoms with Gasteiger partial charge in [-0.1, -0.05) is 38.2 Å². The lowest BCUT2D eigenvalue weighted by Gasteiger charge is -2.44. The second kappa shape index (κ2) is 8.24. The minimum atomic E-state index is -0.0584. The van der Waals surface area contributed by atoms with Gasteiger partial charge in [-0.25, -0.2) is 0 Å². The Hall–Kier alpha value is -0.275. The maximum atomic E-state index is 6.04. The molecule has 1 fully saturated rings. The molecule has 0 aromatic heterocycles. The molecule has 3 heteroatoms. The van der Waals surface area contributed by atoms with Crippen LogP contribution in [0.1, 0.15) is 79.1 Å². The highest BCUT2D eigenvalue weighted by Crippen LogP contribution is 2.34. The fourth-order valence-electron chi connectivity index (χ4n) is 3.27. The Bertz CT molecular complexity index is 271. The van der Waals surface area contributed by atoms with E-state index in [0.29, 0.717) is 0 Å². The topological polar surface area (TPSA) is 18.5 Å². The lowest BCUT2D eigenvalue weighted by atomic mass is 9.74. The van der Waals surface area contributed by atoms with Crippen molar-refractivity contribution in [1.82, 2.24) is 0 Å². The van der Waals surface area contributed by atoms with Crippen molar-refractivity contribution in [3.05, 3.63) is 12.7 Å². The molecule has 0 N–H and O–H groups in total. The van der Waals surface area contributed by atoms with Gasteiger partial charge in [0.1, 0.15) is 0 Å². The van der Waals surface area contributed by atoms with Crippen LogP contribution in [0.2, 0.25) is 6.32 Å². The summed E-state index contributed by atoms with van der Waals surface area (Å²) in [7, 11) is -0.0190. The minimum Gasteiger partial charge on any atom is -0.406 e. The van der Waals surface area contributed by atoms with Crippen LogP contribution in [0.4, 0.5) is 0 Å². The summed E-state index contributed by atoms with van der Waals surface area (Å²) in [4.78, 5) is 0. The van der Waals surface area contributed by atoms with Gasteiger partial charge in [-0.05, 0) is 46.9 Å². The van der Waals surface area contributed by atoms with Crippen molar-refractivity contribution in [3.8, 4) is 0 Å². The second-order valence-electron chi connectivity index (χ2n) is 7.35. The Morgan fingerprint density at radius 3 is 1.95 bits per heavy atom. The van der Waals surface area contributed by atoms with E-state index in [4.69, 9.17) is 9.31 Å². The van der Waals surface area contributed by atoms with E-state index >= 15 is 0 Å². The first kappa shape index (κ1) is 17.8. The van der Waals surface area contributed by atoms with Crippen molar-refractivity contribution in [2.24, 2.45) is 0 Å². The lowest BCUT2D eigenvalue weighted by molar-refractivity contribution is -0.0768. The van der Waals surface area contributed by atoms with Crippen molar-refractivity contribution in [2.45, 2.75) is 96.6 Å². The Morgan fingerprint density at radius 1 is 0.900 bits per heavy atom. The van der Waals surface area contributed by atoms with Crippen LogP contribution in [-0.4, -0.2) is 18.3 Å². The molecule has 0 atom stereocenters. The lowest BCUT2D eigenvalue weighted by Crippen LogP contribution is -2.51. The molecule has 0 unspecified atom stereocenters. The van der Waals surface area contributed by atoms with Crippen LogP contribution in [0, 0.1) is 0 Å². The van der Waals surface area contributed by atoms with Crippen molar-refractivity contribution >= 4 is 7.12 Å². The molecule has 1 aliphatic rings. The summed E-state index contributed by atoms with van der Waals surface area (Å²) in [6, 6.07) is 0. The van der Waals surface area contributed by atoms with Gasteiger partial charge in [-0.2, -0.15) is 0 Å². The second-order valence-corrected chi connectivity index (χ2v) is 7.35. The molecule has 0 aromatic carbocycles. The molecule has 0 amide bonds. The van der Waals surface area contributed by atoms with Crippen molar-refractivity contribution in [1.29, 1.82) is 0 Å². The first-order valence-electron chi connectivity index (χ1n) is 8.31. The molecule has 116 valence electrons. The number of hydrogen-bond donors (Lipinski definition) is 0. The minimum absolute atomic E-state index is 0.0190.